The fourth-order valence-electron chi connectivity index (χ4n) is 2.39. The minimum Gasteiger partial charge on any atom is -0.369 e. The third-order valence-electron chi connectivity index (χ3n) is 3.38. The van der Waals surface area contributed by atoms with Crippen LogP contribution in [0.15, 0.2) is 12.1 Å². The number of carbonyl (C=O) groups excluding carboxylic acids is 1. The molecule has 0 heterocycles. The summed E-state index contributed by atoms with van der Waals surface area (Å²) in [5.74, 6) is -1.36. The van der Waals surface area contributed by atoms with E-state index in [1.807, 2.05) is 27.7 Å². The first-order valence-electron chi connectivity index (χ1n) is 6.66. The zero-order valence-corrected chi connectivity index (χ0v) is 13.1. The molecule has 0 saturated carbocycles. The Hall–Kier alpha value is -1.36. The molecule has 0 bridgehead atoms. The second-order valence-electron chi connectivity index (χ2n) is 5.55. The number of amides is 1. The highest BCUT2D eigenvalue weighted by Crippen LogP contribution is 2.34. The van der Waals surface area contributed by atoms with Crippen molar-refractivity contribution in [3.63, 3.8) is 0 Å². The van der Waals surface area contributed by atoms with Crippen molar-refractivity contribution in [1.29, 1.82) is 0 Å². The largest absolute Gasteiger partial charge is 0.459 e. The molecule has 0 aliphatic heterocycles. The Kier molecular flexibility index (Phi) is 5.74. The molecule has 1 aromatic rings. The monoisotopic (exact) mass is 298 g/mol. The highest BCUT2D eigenvalue weighted by molar-refractivity contribution is 7.65. The van der Waals surface area contributed by atoms with Gasteiger partial charge < -0.3 is 5.73 Å². The number of hydrogen-bond acceptors (Lipinski definition) is 2. The van der Waals surface area contributed by atoms with Crippen LogP contribution < -0.4 is 5.73 Å². The van der Waals surface area contributed by atoms with Crippen LogP contribution in [0, 0.1) is 5.82 Å². The van der Waals surface area contributed by atoms with Gasteiger partial charge in [-0.3, -0.25) is 4.79 Å². The molecule has 3 nitrogen and oxygen atoms in total. The first-order valence-corrected chi connectivity index (χ1v) is 7.57. The van der Waals surface area contributed by atoms with Crippen molar-refractivity contribution in [2.24, 2.45) is 5.73 Å². The number of carbonyl (C=O) groups is 1. The molecule has 1 unspecified atom stereocenters. The quantitative estimate of drug-likeness (QED) is 0.820. The molecule has 0 saturated heterocycles. The van der Waals surface area contributed by atoms with Crippen molar-refractivity contribution in [3.05, 3.63) is 34.6 Å². The van der Waals surface area contributed by atoms with Gasteiger partial charge in [-0.05, 0) is 40.7 Å². The molecule has 0 aliphatic rings. The summed E-state index contributed by atoms with van der Waals surface area (Å²) in [6, 6.07) is 2.88. The van der Waals surface area contributed by atoms with Crippen LogP contribution in [0.3, 0.4) is 0 Å². The second-order valence-corrected chi connectivity index (χ2v) is 6.12. The van der Waals surface area contributed by atoms with Crippen LogP contribution >= 0.6 is 0 Å². The lowest BCUT2D eigenvalue weighted by molar-refractivity contribution is -0.119. The molecule has 0 radical (unpaired) electrons. The Morgan fingerprint density at radius 3 is 1.95 bits per heavy atom. The van der Waals surface area contributed by atoms with Crippen molar-refractivity contribution in [2.75, 3.05) is 5.75 Å². The maximum atomic E-state index is 13.8. The smallest absolute Gasteiger partial charge is 0.369 e. The third kappa shape index (κ3) is 3.60. The second kappa shape index (κ2) is 6.88. The van der Waals surface area contributed by atoms with Crippen LogP contribution in [0.4, 0.5) is 4.39 Å². The van der Waals surface area contributed by atoms with Gasteiger partial charge in [0.15, 0.2) is 0 Å². The summed E-state index contributed by atoms with van der Waals surface area (Å²) in [6.45, 7) is 7.74. The molecule has 2 N–H and O–H groups in total. The van der Waals surface area contributed by atoms with Gasteiger partial charge in [-0.1, -0.05) is 27.7 Å². The standard InChI is InChI=1S/C15H20FNO2S/c1-8(2)11-5-10(16)6-12(9(3)4)14(11)13(7-20-19)15(17)18/h5-6,8-9,13H,7H2,1-4H3,(H-,17,18)/p+1. The average Bonchev–Trinajstić information content (AvgIpc) is 2.34. The highest BCUT2D eigenvalue weighted by atomic mass is 32.1. The van der Waals surface area contributed by atoms with E-state index >= 15 is 0 Å². The summed E-state index contributed by atoms with van der Waals surface area (Å²) in [4.78, 5) is 11.7. The number of benzene rings is 1. The lowest BCUT2D eigenvalue weighted by Crippen LogP contribution is -2.27. The maximum absolute atomic E-state index is 13.8. The molecular formula is C15H21FNO2S+. The molecule has 0 aromatic heterocycles. The van der Waals surface area contributed by atoms with Crippen LogP contribution in [0.2, 0.25) is 0 Å². The Balaban J connectivity index is 3.61. The van der Waals surface area contributed by atoms with Crippen LogP contribution in [-0.4, -0.2) is 11.7 Å². The number of nitrogens with two attached hydrogens (primary N) is 1. The molecule has 0 aliphatic carbocycles. The molecule has 1 atom stereocenters. The van der Waals surface area contributed by atoms with E-state index in [4.69, 9.17) is 5.73 Å². The predicted octanol–water partition coefficient (Wildman–Crippen LogP) is 3.07. The van der Waals surface area contributed by atoms with Gasteiger partial charge in [0.2, 0.25) is 11.7 Å². The summed E-state index contributed by atoms with van der Waals surface area (Å²) in [7, 11) is 0. The highest BCUT2D eigenvalue weighted by Gasteiger charge is 2.31. The molecule has 110 valence electrons. The van der Waals surface area contributed by atoms with E-state index in [9.17, 15) is 13.4 Å². The van der Waals surface area contributed by atoms with E-state index in [2.05, 4.69) is 0 Å². The van der Waals surface area contributed by atoms with Gasteiger partial charge in [0, 0.05) is 4.21 Å². The lowest BCUT2D eigenvalue weighted by atomic mass is 9.82. The Morgan fingerprint density at radius 2 is 1.65 bits per heavy atom. The van der Waals surface area contributed by atoms with E-state index in [0.717, 1.165) is 16.7 Å². The number of primary amides is 1. The SMILES string of the molecule is CC(C)c1cc(F)cc(C(C)C)c1C(C[S+]=O)C(N)=O. The molecule has 1 rings (SSSR count). The van der Waals surface area contributed by atoms with Gasteiger partial charge >= 0.3 is 11.7 Å². The normalized spacial score (nSPS) is 12.8. The molecule has 20 heavy (non-hydrogen) atoms. The van der Waals surface area contributed by atoms with Crippen LogP contribution in [0.1, 0.15) is 62.1 Å². The minimum atomic E-state index is -0.673. The van der Waals surface area contributed by atoms with E-state index in [0.29, 0.717) is 11.7 Å². The molecule has 5 heteroatoms. The number of hydrogen-bond donors (Lipinski definition) is 1. The van der Waals surface area contributed by atoms with E-state index < -0.39 is 11.8 Å². The van der Waals surface area contributed by atoms with Crippen LogP contribution in [0.5, 0.6) is 0 Å². The first kappa shape index (κ1) is 16.7. The Bertz CT molecular complexity index is 486. The fourth-order valence-corrected chi connectivity index (χ4v) is 2.86. The van der Waals surface area contributed by atoms with E-state index in [-0.39, 0.29) is 23.4 Å². The predicted molar refractivity (Wildman–Crippen MR) is 79.4 cm³/mol. The summed E-state index contributed by atoms with van der Waals surface area (Å²) >= 11 is 0.333. The van der Waals surface area contributed by atoms with Gasteiger partial charge in [-0.2, -0.15) is 0 Å². The van der Waals surface area contributed by atoms with Crippen molar-refractivity contribution < 1.29 is 13.4 Å². The topological polar surface area (TPSA) is 60.2 Å². The lowest BCUT2D eigenvalue weighted by Gasteiger charge is -2.22. The van der Waals surface area contributed by atoms with Crippen molar-refractivity contribution in [1.82, 2.24) is 0 Å². The molecule has 0 spiro atoms. The number of halogens is 1. The fraction of sp³-hybridized carbons (Fsp3) is 0.533. The van der Waals surface area contributed by atoms with Crippen molar-refractivity contribution in [3.8, 4) is 0 Å². The molecule has 1 amide bonds. The zero-order chi connectivity index (χ0) is 15.4. The van der Waals surface area contributed by atoms with Gasteiger partial charge in [0.1, 0.15) is 11.7 Å². The van der Waals surface area contributed by atoms with Gasteiger partial charge in [-0.25, -0.2) is 4.39 Å². The summed E-state index contributed by atoms with van der Waals surface area (Å²) in [6.07, 6.45) is 0. The third-order valence-corrected chi connectivity index (χ3v) is 3.85. The van der Waals surface area contributed by atoms with Crippen molar-refractivity contribution in [2.45, 2.75) is 45.4 Å². The van der Waals surface area contributed by atoms with E-state index in [1.165, 1.54) is 12.1 Å². The first-order chi connectivity index (χ1) is 9.29. The summed E-state index contributed by atoms with van der Waals surface area (Å²) < 4.78 is 24.7. The van der Waals surface area contributed by atoms with Gasteiger partial charge in [0.25, 0.3) is 0 Å². The Morgan fingerprint density at radius 1 is 1.20 bits per heavy atom. The summed E-state index contributed by atoms with van der Waals surface area (Å²) in [5, 5.41) is 0. The van der Waals surface area contributed by atoms with Crippen LogP contribution in [-0.2, 0) is 20.7 Å². The number of rotatable bonds is 6. The summed E-state index contributed by atoms with van der Waals surface area (Å²) in [5.41, 5.74) is 7.69. The molecule has 1 aromatic carbocycles. The average molecular weight is 298 g/mol. The van der Waals surface area contributed by atoms with Crippen molar-refractivity contribution >= 4 is 17.6 Å². The minimum absolute atomic E-state index is 0.0525. The Labute approximate surface area is 123 Å². The van der Waals surface area contributed by atoms with Gasteiger partial charge in [0.05, 0.1) is 0 Å². The zero-order valence-electron chi connectivity index (χ0n) is 12.3. The van der Waals surface area contributed by atoms with E-state index in [1.54, 1.807) is 0 Å². The maximum Gasteiger partial charge on any atom is 0.459 e. The molecular weight excluding hydrogens is 277 g/mol. The molecule has 0 fully saturated rings. The van der Waals surface area contributed by atoms with Crippen LogP contribution in [0.25, 0.3) is 0 Å². The van der Waals surface area contributed by atoms with Gasteiger partial charge in [-0.15, -0.1) is 0 Å².